The van der Waals surface area contributed by atoms with Crippen LogP contribution >= 0.6 is 9.24 Å². The van der Waals surface area contributed by atoms with Gasteiger partial charge in [-0.05, 0) is 54.5 Å². The van der Waals surface area contributed by atoms with Gasteiger partial charge in [0, 0.05) is 73.3 Å². The molecule has 57 heavy (non-hydrogen) atoms. The molecular weight excluding hydrogens is 789 g/mol. The smallest absolute Gasteiger partial charge is 0.427 e. The number of likely N-dealkylation sites (tertiary alicyclic amines) is 1. The maximum absolute atomic E-state index is 14.3. The van der Waals surface area contributed by atoms with E-state index in [1.54, 1.807) is 0 Å². The number of allylic oxidation sites excluding steroid dienone is 1. The van der Waals surface area contributed by atoms with Crippen molar-refractivity contribution in [1.29, 1.82) is 0 Å². The second-order valence-corrected chi connectivity index (χ2v) is 15.5. The number of rotatable bonds is 13. The van der Waals surface area contributed by atoms with Crippen LogP contribution in [0.3, 0.4) is 0 Å². The average molecular weight is 829 g/mol. The Hall–Kier alpha value is -3.81. The molecule has 0 bridgehead atoms. The van der Waals surface area contributed by atoms with E-state index in [0.29, 0.717) is 31.4 Å². The Morgan fingerprint density at radius 3 is 2.32 bits per heavy atom. The summed E-state index contributed by atoms with van der Waals surface area (Å²) in [4.78, 5) is 65.4. The second-order valence-electron chi connectivity index (χ2n) is 14.9. The van der Waals surface area contributed by atoms with Crippen LogP contribution < -0.4 is 21.7 Å². The van der Waals surface area contributed by atoms with E-state index in [2.05, 4.69) is 16.0 Å². The Kier molecular flexibility index (Phi) is 12.3. The fraction of sp³-hybridized carbons (Fsp3) is 0.559. The quantitative estimate of drug-likeness (QED) is 0.0718. The molecule has 3 heterocycles. The van der Waals surface area contributed by atoms with Gasteiger partial charge in [0.2, 0.25) is 11.8 Å². The standard InChI is InChI=1S/C34H40B2F6N5O9P/c37-33(38,39)20-8-16(7-18-11-35(53)55-14-19(18)20)29(50)45-23-12-47(27(49)5-4-26(48)44-6-2-1-3-22(43)31(52)57)13-24(23)46-30(51)17-9-21-28-32(21,15-56-36(28)54)25(10-17)34(40,41)42/h7-10,21-24,28,53-54H,1-6,11-15,43,57H2,(H,44,48)(H,45,50)(H,46,51)/t21?,22-,23-,24-,28?,32?/m0/s1. The monoisotopic (exact) mass is 829 g/mol. The molecular formula is C34H40B2F6N5O9P. The topological polar surface area (TPSA) is 210 Å². The fourth-order valence-corrected chi connectivity index (χ4v) is 8.35. The van der Waals surface area contributed by atoms with Crippen molar-refractivity contribution in [2.24, 2.45) is 17.1 Å². The largest absolute Gasteiger partial charge is 0.459 e. The van der Waals surface area contributed by atoms with Gasteiger partial charge in [0.15, 0.2) is 5.52 Å². The summed E-state index contributed by atoms with van der Waals surface area (Å²) in [6, 6.07) is -1.15. The fourth-order valence-electron chi connectivity index (χ4n) is 8.18. The van der Waals surface area contributed by atoms with Crippen LogP contribution in [0.1, 0.15) is 59.2 Å². The number of carbonyl (C=O) groups excluding carboxylic acids is 5. The molecule has 1 aromatic rings. The van der Waals surface area contributed by atoms with E-state index in [1.807, 2.05) is 9.24 Å². The van der Waals surface area contributed by atoms with Crippen molar-refractivity contribution in [3.05, 3.63) is 57.7 Å². The third-order valence-corrected chi connectivity index (χ3v) is 11.6. The number of alkyl halides is 6. The number of halogens is 6. The number of fused-ring (bicyclic) bond motifs is 2. The van der Waals surface area contributed by atoms with Crippen molar-refractivity contribution in [3.8, 4) is 0 Å². The molecule has 4 amide bonds. The van der Waals surface area contributed by atoms with Gasteiger partial charge in [0.25, 0.3) is 11.8 Å². The van der Waals surface area contributed by atoms with Gasteiger partial charge in [-0.1, -0.05) is 15.3 Å². The van der Waals surface area contributed by atoms with Crippen LogP contribution in [-0.2, 0) is 47.6 Å². The first-order valence-corrected chi connectivity index (χ1v) is 18.8. The zero-order valence-corrected chi connectivity index (χ0v) is 31.4. The van der Waals surface area contributed by atoms with Crippen molar-refractivity contribution < 1.29 is 69.7 Å². The molecule has 308 valence electrons. The minimum absolute atomic E-state index is 0.0217. The summed E-state index contributed by atoms with van der Waals surface area (Å²) in [6.45, 7) is -1.25. The number of benzene rings is 1. The van der Waals surface area contributed by atoms with Gasteiger partial charge in [-0.25, -0.2) is 0 Å². The van der Waals surface area contributed by atoms with Crippen molar-refractivity contribution in [2.45, 2.75) is 81.3 Å². The molecule has 0 aromatic heterocycles. The maximum atomic E-state index is 14.3. The molecule has 2 aliphatic carbocycles. The van der Waals surface area contributed by atoms with Crippen LogP contribution in [-0.4, -0.2) is 109 Å². The van der Waals surface area contributed by atoms with E-state index < -0.39 is 115 Å². The van der Waals surface area contributed by atoms with E-state index in [4.69, 9.17) is 15.0 Å². The predicted molar refractivity (Wildman–Crippen MR) is 192 cm³/mol. The number of nitrogens with two attached hydrogens (primary N) is 1. The molecule has 14 nitrogen and oxygen atoms in total. The molecule has 6 rings (SSSR count). The summed E-state index contributed by atoms with van der Waals surface area (Å²) in [5.74, 6) is -4.82. The van der Waals surface area contributed by atoms with Crippen molar-refractivity contribution in [1.82, 2.24) is 20.9 Å². The molecule has 0 radical (unpaired) electrons. The van der Waals surface area contributed by atoms with Crippen LogP contribution in [0, 0.1) is 11.3 Å². The number of nitrogens with zero attached hydrogens (tertiary/aromatic N) is 1. The van der Waals surface area contributed by atoms with E-state index in [1.165, 1.54) is 17.0 Å². The Morgan fingerprint density at radius 2 is 1.67 bits per heavy atom. The molecule has 2 saturated heterocycles. The highest BCUT2D eigenvalue weighted by molar-refractivity contribution is 7.40. The average Bonchev–Trinajstić information content (AvgIpc) is 3.45. The van der Waals surface area contributed by atoms with Gasteiger partial charge in [-0.15, -0.1) is 0 Å². The highest BCUT2D eigenvalue weighted by Crippen LogP contribution is 2.76. The minimum atomic E-state index is -4.90. The molecule has 7 N–H and O–H groups in total. The highest BCUT2D eigenvalue weighted by atomic mass is 31.0. The molecule has 23 heteroatoms. The summed E-state index contributed by atoms with van der Waals surface area (Å²) >= 11 is 0. The van der Waals surface area contributed by atoms with Gasteiger partial charge >= 0.3 is 26.6 Å². The first-order valence-electron chi connectivity index (χ1n) is 18.2. The lowest BCUT2D eigenvalue weighted by Crippen LogP contribution is -2.51. The predicted octanol–water partition coefficient (Wildman–Crippen LogP) is 0.945. The van der Waals surface area contributed by atoms with Gasteiger partial charge < -0.3 is 45.9 Å². The number of hydrogen-bond acceptors (Lipinski definition) is 10. The van der Waals surface area contributed by atoms with Crippen LogP contribution in [0.2, 0.25) is 5.82 Å². The van der Waals surface area contributed by atoms with E-state index in [9.17, 15) is 60.4 Å². The molecule has 5 aliphatic rings. The van der Waals surface area contributed by atoms with Crippen molar-refractivity contribution in [3.63, 3.8) is 0 Å². The van der Waals surface area contributed by atoms with Crippen LogP contribution in [0.15, 0.2) is 35.4 Å². The summed E-state index contributed by atoms with van der Waals surface area (Å²) in [7, 11) is -0.874. The number of nitrogens with one attached hydrogen (secondary N) is 3. The molecule has 4 unspecified atom stereocenters. The lowest BCUT2D eigenvalue weighted by molar-refractivity contribution is -0.138. The normalized spacial score (nSPS) is 25.8. The number of hydrogen-bond donors (Lipinski definition) is 6. The van der Waals surface area contributed by atoms with Crippen LogP contribution in [0.4, 0.5) is 26.3 Å². The summed E-state index contributed by atoms with van der Waals surface area (Å²) in [6.07, 6.45) is -7.14. The Bertz CT molecular complexity index is 1890. The molecule has 3 aliphatic heterocycles. The molecule has 1 spiro atoms. The SMILES string of the molecule is N[C@@H](CCCCNC(=O)CCC(=O)N1C[C@H](NC(=O)C2=CC3C4B(O)OCC34C(C(F)(F)F)=C2)[C@@H](NC(=O)c2cc3c(c(C(F)(F)F)c2)COB(O)C3)C1)C(=O)P. The van der Waals surface area contributed by atoms with Crippen LogP contribution in [0.25, 0.3) is 0 Å². The molecule has 3 fully saturated rings. The lowest BCUT2D eigenvalue weighted by atomic mass is 9.75. The third-order valence-electron chi connectivity index (χ3n) is 11.2. The third kappa shape index (κ3) is 9.10. The minimum Gasteiger partial charge on any atom is -0.427 e. The first kappa shape index (κ1) is 42.8. The van der Waals surface area contributed by atoms with E-state index >= 15 is 0 Å². The van der Waals surface area contributed by atoms with Crippen molar-refractivity contribution in [2.75, 3.05) is 26.2 Å². The van der Waals surface area contributed by atoms with Gasteiger partial charge in [0.1, 0.15) is 0 Å². The maximum Gasteiger partial charge on any atom is 0.459 e. The lowest BCUT2D eigenvalue weighted by Gasteiger charge is -2.26. The van der Waals surface area contributed by atoms with E-state index in [-0.39, 0.29) is 61.0 Å². The Labute approximate surface area is 325 Å². The molecule has 1 saturated carbocycles. The summed E-state index contributed by atoms with van der Waals surface area (Å²) < 4.78 is 95.0. The number of amides is 4. The Morgan fingerprint density at radius 1 is 0.982 bits per heavy atom. The second kappa shape index (κ2) is 16.4. The highest BCUT2D eigenvalue weighted by Gasteiger charge is 2.78. The summed E-state index contributed by atoms with van der Waals surface area (Å²) in [5.41, 5.74) is 0.674. The molecule has 1 aromatic carbocycles. The number of carbonyl (C=O) groups is 5. The summed E-state index contributed by atoms with van der Waals surface area (Å²) in [5, 5.41) is 27.9. The van der Waals surface area contributed by atoms with Gasteiger partial charge in [0.05, 0.1) is 30.3 Å². The van der Waals surface area contributed by atoms with Crippen molar-refractivity contribution >= 4 is 52.6 Å². The van der Waals surface area contributed by atoms with Gasteiger partial charge in [-0.2, -0.15) is 26.3 Å². The number of unbranched alkanes of at least 4 members (excludes halogenated alkanes) is 1. The van der Waals surface area contributed by atoms with E-state index in [0.717, 1.165) is 0 Å². The van der Waals surface area contributed by atoms with Crippen LogP contribution in [0.5, 0.6) is 0 Å². The Balaban J connectivity index is 1.17. The van der Waals surface area contributed by atoms with Gasteiger partial charge in [-0.3, -0.25) is 24.0 Å². The first-order chi connectivity index (χ1) is 26.7. The zero-order valence-electron chi connectivity index (χ0n) is 30.3. The molecule has 7 atom stereocenters. The zero-order chi connectivity index (χ0) is 41.6.